The molecule has 0 aliphatic carbocycles. The van der Waals surface area contributed by atoms with E-state index in [1.165, 1.54) is 24.1 Å². The van der Waals surface area contributed by atoms with E-state index in [9.17, 15) is 18.0 Å². The highest BCUT2D eigenvalue weighted by molar-refractivity contribution is 7.92. The van der Waals surface area contributed by atoms with Gasteiger partial charge in [-0.1, -0.05) is 74.0 Å². The Morgan fingerprint density at radius 3 is 2.00 bits per heavy atom. The molecule has 0 spiro atoms. The number of hydrogen-bond acceptors (Lipinski definition) is 4. The zero-order valence-corrected chi connectivity index (χ0v) is 22.7. The number of amides is 2. The van der Waals surface area contributed by atoms with Gasteiger partial charge in [-0.15, -0.1) is 0 Å². The van der Waals surface area contributed by atoms with Crippen LogP contribution in [0, 0.1) is 6.92 Å². The van der Waals surface area contributed by atoms with Crippen molar-refractivity contribution in [2.75, 3.05) is 17.9 Å². The van der Waals surface area contributed by atoms with Gasteiger partial charge in [0.25, 0.3) is 10.0 Å². The summed E-state index contributed by atoms with van der Waals surface area (Å²) in [6, 6.07) is 22.2. The number of likely N-dealkylation sites (N-methyl/N-ethyl adjacent to an activating group) is 1. The van der Waals surface area contributed by atoms with E-state index >= 15 is 0 Å². The van der Waals surface area contributed by atoms with E-state index in [2.05, 4.69) is 5.32 Å². The molecule has 2 amide bonds. The molecule has 0 fully saturated rings. The predicted molar refractivity (Wildman–Crippen MR) is 147 cm³/mol. The molecule has 0 aromatic heterocycles. The van der Waals surface area contributed by atoms with E-state index in [0.717, 1.165) is 27.4 Å². The Bertz CT molecular complexity index is 1290. The van der Waals surface area contributed by atoms with Crippen molar-refractivity contribution in [3.05, 3.63) is 95.6 Å². The van der Waals surface area contributed by atoms with Crippen LogP contribution in [-0.2, 0) is 32.6 Å². The quantitative estimate of drug-likeness (QED) is 0.408. The molecule has 0 saturated carbocycles. The number of nitrogens with zero attached hydrogens (tertiary/aromatic N) is 2. The average Bonchev–Trinajstić information content (AvgIpc) is 2.92. The Morgan fingerprint density at radius 1 is 0.865 bits per heavy atom. The number of carbonyl (C=O) groups excluding carboxylic acids is 2. The molecule has 0 aliphatic heterocycles. The summed E-state index contributed by atoms with van der Waals surface area (Å²) < 4.78 is 28.6. The van der Waals surface area contributed by atoms with Crippen LogP contribution in [0.4, 0.5) is 5.69 Å². The minimum absolute atomic E-state index is 0.0887. The van der Waals surface area contributed by atoms with Gasteiger partial charge in [-0.25, -0.2) is 8.42 Å². The van der Waals surface area contributed by atoms with E-state index in [1.807, 2.05) is 57.2 Å². The molecule has 3 aromatic rings. The van der Waals surface area contributed by atoms with E-state index in [4.69, 9.17) is 0 Å². The molecule has 0 aliphatic rings. The highest BCUT2D eigenvalue weighted by atomic mass is 32.2. The average molecular weight is 522 g/mol. The molecular formula is C29H35N3O4S. The number of benzene rings is 3. The standard InChI is InChI=1S/C29H35N3O4S/c1-5-23-16-18-25(19-17-23)32(37(35,36)26-10-8-7-9-11-26)21-28(33)31(27(6-2)29(34)30-4)20-24-14-12-22(3)13-15-24/h7-19,27H,5-6,20-21H2,1-4H3,(H,30,34)/t27-/m0/s1. The maximum atomic E-state index is 13.9. The van der Waals surface area contributed by atoms with Crippen LogP contribution in [0.25, 0.3) is 0 Å². The second-order valence-electron chi connectivity index (χ2n) is 8.89. The summed E-state index contributed by atoms with van der Waals surface area (Å²) in [5, 5.41) is 2.64. The molecule has 1 atom stereocenters. The molecule has 37 heavy (non-hydrogen) atoms. The first-order chi connectivity index (χ1) is 17.7. The van der Waals surface area contributed by atoms with Gasteiger partial charge in [0.2, 0.25) is 11.8 Å². The van der Waals surface area contributed by atoms with Gasteiger partial charge < -0.3 is 10.2 Å². The van der Waals surface area contributed by atoms with Crippen molar-refractivity contribution < 1.29 is 18.0 Å². The van der Waals surface area contributed by atoms with Gasteiger partial charge >= 0.3 is 0 Å². The third kappa shape index (κ3) is 6.77. The van der Waals surface area contributed by atoms with Crippen molar-refractivity contribution in [3.8, 4) is 0 Å². The first-order valence-corrected chi connectivity index (χ1v) is 13.9. The second kappa shape index (κ2) is 12.5. The number of anilines is 1. The summed E-state index contributed by atoms with van der Waals surface area (Å²) in [4.78, 5) is 28.2. The zero-order valence-electron chi connectivity index (χ0n) is 21.8. The molecule has 8 heteroatoms. The topological polar surface area (TPSA) is 86.8 Å². The van der Waals surface area contributed by atoms with Crippen molar-refractivity contribution >= 4 is 27.5 Å². The normalized spacial score (nSPS) is 12.0. The van der Waals surface area contributed by atoms with Crippen LogP contribution in [-0.4, -0.2) is 44.8 Å². The second-order valence-corrected chi connectivity index (χ2v) is 10.8. The number of hydrogen-bond donors (Lipinski definition) is 1. The van der Waals surface area contributed by atoms with Crippen LogP contribution < -0.4 is 9.62 Å². The number of rotatable bonds is 11. The summed E-state index contributed by atoms with van der Waals surface area (Å²) in [7, 11) is -2.52. The SMILES string of the molecule is CCc1ccc(N(CC(=O)N(Cc2ccc(C)cc2)[C@@H](CC)C(=O)NC)S(=O)(=O)c2ccccc2)cc1. The van der Waals surface area contributed by atoms with Gasteiger partial charge in [0.05, 0.1) is 10.6 Å². The van der Waals surface area contributed by atoms with Crippen molar-refractivity contribution in [2.24, 2.45) is 0 Å². The highest BCUT2D eigenvalue weighted by Crippen LogP contribution is 2.25. The predicted octanol–water partition coefficient (Wildman–Crippen LogP) is 4.31. The van der Waals surface area contributed by atoms with Crippen LogP contribution in [0.2, 0.25) is 0 Å². The monoisotopic (exact) mass is 521 g/mol. The Morgan fingerprint density at radius 2 is 1.46 bits per heavy atom. The first kappa shape index (κ1) is 27.9. The van der Waals surface area contributed by atoms with Crippen LogP contribution >= 0.6 is 0 Å². The summed E-state index contributed by atoms with van der Waals surface area (Å²) in [5.74, 6) is -0.761. The van der Waals surface area contributed by atoms with Gasteiger partial charge in [0, 0.05) is 13.6 Å². The Kier molecular flexibility index (Phi) is 9.47. The van der Waals surface area contributed by atoms with Gasteiger partial charge in [-0.2, -0.15) is 0 Å². The van der Waals surface area contributed by atoms with Crippen LogP contribution in [0.15, 0.2) is 83.8 Å². The minimum Gasteiger partial charge on any atom is -0.357 e. The third-order valence-electron chi connectivity index (χ3n) is 6.35. The minimum atomic E-state index is -4.05. The molecule has 1 N–H and O–H groups in total. The smallest absolute Gasteiger partial charge is 0.264 e. The molecule has 0 unspecified atom stereocenters. The summed E-state index contributed by atoms with van der Waals surface area (Å²) >= 11 is 0. The summed E-state index contributed by atoms with van der Waals surface area (Å²) in [6.07, 6.45) is 1.19. The fraction of sp³-hybridized carbons (Fsp3) is 0.310. The van der Waals surface area contributed by atoms with Gasteiger partial charge in [-0.3, -0.25) is 13.9 Å². The Hall–Kier alpha value is -3.65. The molecular weight excluding hydrogens is 486 g/mol. The molecule has 3 rings (SSSR count). The number of sulfonamides is 1. The van der Waals surface area contributed by atoms with Crippen molar-refractivity contribution in [2.45, 2.75) is 51.1 Å². The summed E-state index contributed by atoms with van der Waals surface area (Å²) in [5.41, 5.74) is 3.37. The lowest BCUT2D eigenvalue weighted by molar-refractivity contribution is -0.140. The third-order valence-corrected chi connectivity index (χ3v) is 8.14. The summed E-state index contributed by atoms with van der Waals surface area (Å²) in [6.45, 7) is 5.56. The lowest BCUT2D eigenvalue weighted by atomic mass is 10.1. The molecule has 0 bridgehead atoms. The number of aryl methyl sites for hydroxylation is 2. The van der Waals surface area contributed by atoms with Crippen molar-refractivity contribution in [3.63, 3.8) is 0 Å². The van der Waals surface area contributed by atoms with E-state index < -0.39 is 28.5 Å². The largest absolute Gasteiger partial charge is 0.357 e. The fourth-order valence-electron chi connectivity index (χ4n) is 4.12. The molecule has 0 saturated heterocycles. The van der Waals surface area contributed by atoms with E-state index in [0.29, 0.717) is 12.1 Å². The zero-order chi connectivity index (χ0) is 27.0. The Balaban J connectivity index is 2.04. The fourth-order valence-corrected chi connectivity index (χ4v) is 5.56. The maximum absolute atomic E-state index is 13.9. The van der Waals surface area contributed by atoms with Crippen LogP contribution in [0.3, 0.4) is 0 Å². The molecule has 7 nitrogen and oxygen atoms in total. The van der Waals surface area contributed by atoms with E-state index in [1.54, 1.807) is 30.3 Å². The lowest BCUT2D eigenvalue weighted by Crippen LogP contribution is -2.51. The number of nitrogens with one attached hydrogen (secondary N) is 1. The van der Waals surface area contributed by atoms with Gasteiger partial charge in [0.1, 0.15) is 12.6 Å². The molecule has 0 radical (unpaired) electrons. The van der Waals surface area contributed by atoms with Gasteiger partial charge in [0.15, 0.2) is 0 Å². The highest BCUT2D eigenvalue weighted by Gasteiger charge is 2.33. The first-order valence-electron chi connectivity index (χ1n) is 12.4. The van der Waals surface area contributed by atoms with Crippen LogP contribution in [0.1, 0.15) is 37.0 Å². The van der Waals surface area contributed by atoms with Crippen molar-refractivity contribution in [1.29, 1.82) is 0 Å². The molecule has 3 aromatic carbocycles. The van der Waals surface area contributed by atoms with Gasteiger partial charge in [-0.05, 0) is 55.2 Å². The lowest BCUT2D eigenvalue weighted by Gasteiger charge is -2.33. The Labute approximate surface area is 220 Å². The van der Waals surface area contributed by atoms with E-state index in [-0.39, 0.29) is 17.3 Å². The van der Waals surface area contributed by atoms with Crippen LogP contribution in [0.5, 0.6) is 0 Å². The molecule has 0 heterocycles. The van der Waals surface area contributed by atoms with Crippen molar-refractivity contribution in [1.82, 2.24) is 10.2 Å². The number of carbonyl (C=O) groups is 2. The maximum Gasteiger partial charge on any atom is 0.264 e. The molecule has 196 valence electrons.